The van der Waals surface area contributed by atoms with E-state index < -0.39 is 31.3 Å². The van der Waals surface area contributed by atoms with Gasteiger partial charge in [-0.25, -0.2) is 14.4 Å². The summed E-state index contributed by atoms with van der Waals surface area (Å²) >= 11 is 5.93. The van der Waals surface area contributed by atoms with Crippen LogP contribution in [0.4, 0.5) is 39.0 Å². The maximum atomic E-state index is 14.3. The lowest BCUT2D eigenvalue weighted by Crippen LogP contribution is -2.29. The van der Waals surface area contributed by atoms with Crippen molar-refractivity contribution in [2.75, 3.05) is 62.0 Å². The number of anilines is 6. The summed E-state index contributed by atoms with van der Waals surface area (Å²) < 4.78 is 65.6. The Kier molecular flexibility index (Phi) is 7.35. The number of amides is 1. The molecule has 1 aromatic heterocycles. The Morgan fingerprint density at radius 2 is 1.85 bits per heavy atom. The van der Waals surface area contributed by atoms with Crippen molar-refractivity contribution in [3.63, 3.8) is 0 Å². The zero-order chi connectivity index (χ0) is 34.6. The third kappa shape index (κ3) is 7.78. The van der Waals surface area contributed by atoms with E-state index in [9.17, 15) is 14.3 Å². The van der Waals surface area contributed by atoms with Crippen molar-refractivity contribution in [3.05, 3.63) is 59.7 Å². The van der Waals surface area contributed by atoms with Gasteiger partial charge in [0.15, 0.2) is 0 Å². The summed E-state index contributed by atoms with van der Waals surface area (Å²) in [6.07, 6.45) is 2.24. The van der Waals surface area contributed by atoms with Gasteiger partial charge in [-0.15, -0.1) is 0 Å². The Morgan fingerprint density at radius 1 is 1.18 bits per heavy atom. The van der Waals surface area contributed by atoms with Crippen LogP contribution in [0.3, 0.4) is 0 Å². The number of benzene rings is 2. The van der Waals surface area contributed by atoms with Gasteiger partial charge in [-0.2, -0.15) is 4.98 Å². The fourth-order valence-electron chi connectivity index (χ4n) is 3.62. The number of nitrogens with one attached hydrogen (secondary N) is 3. The summed E-state index contributed by atoms with van der Waals surface area (Å²) in [7, 11) is 2.99. The Morgan fingerprint density at radius 3 is 2.45 bits per heavy atom. The monoisotopic (exact) mass is 578 g/mol. The molecule has 3 rings (SSSR count). The predicted molar refractivity (Wildman–Crippen MR) is 157 cm³/mol. The Bertz CT molecular complexity index is 1570. The zero-order valence-corrected chi connectivity index (χ0v) is 23.1. The number of hydrogen-bond donors (Lipinski definition) is 4. The highest BCUT2D eigenvalue weighted by Crippen LogP contribution is 2.38. The molecular weight excluding hydrogens is 539 g/mol. The molecule has 0 radical (unpaired) electrons. The normalized spacial score (nSPS) is 14.1. The molecule has 0 bridgehead atoms. The summed E-state index contributed by atoms with van der Waals surface area (Å²) in [6, 6.07) is 5.46. The molecule has 1 heterocycles. The van der Waals surface area contributed by atoms with Gasteiger partial charge in [0.2, 0.25) is 17.8 Å². The number of carbonyl (C=O) groups is 1. The van der Waals surface area contributed by atoms with Gasteiger partial charge in [0.1, 0.15) is 17.9 Å². The molecule has 0 aliphatic rings. The van der Waals surface area contributed by atoms with Crippen LogP contribution in [0.5, 0.6) is 5.75 Å². The zero-order valence-electron chi connectivity index (χ0n) is 28.3. The van der Waals surface area contributed by atoms with Gasteiger partial charge in [-0.3, -0.25) is 4.79 Å². The number of ether oxygens (including phenoxy) is 1. The summed E-state index contributed by atoms with van der Waals surface area (Å²) in [6.45, 7) is 0.344. The number of aliphatic hydroxyl groups is 1. The van der Waals surface area contributed by atoms with Crippen molar-refractivity contribution in [3.8, 4) is 5.75 Å². The van der Waals surface area contributed by atoms with Crippen LogP contribution < -0.4 is 25.6 Å². The number of likely N-dealkylation sites (N-methyl/N-ethyl adjacent to an activating group) is 2. The van der Waals surface area contributed by atoms with E-state index in [0.29, 0.717) is 16.2 Å². The van der Waals surface area contributed by atoms with Gasteiger partial charge >= 0.3 is 0 Å². The lowest BCUT2D eigenvalue weighted by Gasteiger charge is -2.26. The molecule has 13 heteroatoms. The van der Waals surface area contributed by atoms with Gasteiger partial charge in [0, 0.05) is 45.7 Å². The standard InChI is InChI=1S/C27H34ClFN8O3/c1-8-24(38)32-20-13-21(23(40-7)14-22(20)37(6)10-9-36(4)5)34-26-31-15-30-25(35-26)33-19-12-18(29)17(28)11-16(19)27(2,3)39/h8,11-15,39H,1,9-10H2,2-7H3,(H,32,38)(H2,30,31,33,34,35)/i4D3,5D3. The van der Waals surface area contributed by atoms with Crippen LogP contribution in [0.1, 0.15) is 27.6 Å². The molecule has 1 amide bonds. The second-order valence-corrected chi connectivity index (χ2v) is 9.50. The molecule has 0 aliphatic heterocycles. The van der Waals surface area contributed by atoms with Crippen molar-refractivity contribution < 1.29 is 27.3 Å². The highest BCUT2D eigenvalue weighted by atomic mass is 35.5. The molecule has 4 N–H and O–H groups in total. The molecule has 0 spiro atoms. The lowest BCUT2D eigenvalue weighted by atomic mass is 9.96. The van der Waals surface area contributed by atoms with Crippen LogP contribution in [-0.2, 0) is 10.4 Å². The third-order valence-corrected chi connectivity index (χ3v) is 5.91. The second kappa shape index (κ2) is 12.9. The molecule has 0 saturated heterocycles. The van der Waals surface area contributed by atoms with E-state index in [1.807, 2.05) is 0 Å². The molecule has 40 heavy (non-hydrogen) atoms. The van der Waals surface area contributed by atoms with Crippen LogP contribution in [0, 0.1) is 5.82 Å². The van der Waals surface area contributed by atoms with E-state index >= 15 is 0 Å². The molecule has 0 atom stereocenters. The van der Waals surface area contributed by atoms with Crippen molar-refractivity contribution in [2.24, 2.45) is 0 Å². The summed E-state index contributed by atoms with van der Waals surface area (Å²) in [5, 5.41) is 18.9. The van der Waals surface area contributed by atoms with E-state index in [2.05, 4.69) is 37.5 Å². The molecule has 214 valence electrons. The number of nitrogens with zero attached hydrogens (tertiary/aromatic N) is 5. The van der Waals surface area contributed by atoms with Crippen LogP contribution in [0.15, 0.2) is 43.2 Å². The smallest absolute Gasteiger partial charge is 0.247 e. The van der Waals surface area contributed by atoms with Gasteiger partial charge in [0.05, 0.1) is 34.8 Å². The van der Waals surface area contributed by atoms with E-state index in [1.54, 1.807) is 18.0 Å². The Labute approximate surface area is 246 Å². The SMILES string of the molecule is [2H]C([2H])([2H])N(CCN(C)c1cc(OC)c(Nc2ncnc(Nc3cc(F)c(Cl)cc3C(C)(C)O)n2)cc1NC(=O)C=C)C([2H])([2H])[2H]. The first kappa shape index (κ1) is 22.8. The van der Waals surface area contributed by atoms with Crippen LogP contribution in [0.25, 0.3) is 0 Å². The number of rotatable bonds is 12. The second-order valence-electron chi connectivity index (χ2n) is 9.09. The summed E-state index contributed by atoms with van der Waals surface area (Å²) in [5.41, 5.74) is -0.0304. The number of halogens is 2. The van der Waals surface area contributed by atoms with E-state index in [4.69, 9.17) is 24.6 Å². The first-order valence-corrected chi connectivity index (χ1v) is 12.2. The van der Waals surface area contributed by atoms with Crippen molar-refractivity contribution in [1.29, 1.82) is 0 Å². The first-order valence-electron chi connectivity index (χ1n) is 14.8. The molecule has 0 saturated carbocycles. The minimum atomic E-state index is -2.87. The summed E-state index contributed by atoms with van der Waals surface area (Å²) in [4.78, 5) is 26.8. The minimum Gasteiger partial charge on any atom is -0.494 e. The Balaban J connectivity index is 1.97. The quantitative estimate of drug-likeness (QED) is 0.228. The average Bonchev–Trinajstić information content (AvgIpc) is 2.93. The van der Waals surface area contributed by atoms with Gasteiger partial charge in [0.25, 0.3) is 0 Å². The number of hydrogen-bond acceptors (Lipinski definition) is 10. The maximum Gasteiger partial charge on any atom is 0.247 e. The first-order chi connectivity index (χ1) is 21.2. The molecule has 0 unspecified atom stereocenters. The van der Waals surface area contributed by atoms with Crippen LogP contribution in [-0.4, -0.2) is 72.1 Å². The molecular formula is C27H34ClFN8O3. The molecule has 11 nitrogen and oxygen atoms in total. The van der Waals surface area contributed by atoms with Gasteiger partial charge in [-0.1, -0.05) is 18.2 Å². The molecule has 3 aromatic rings. The average molecular weight is 579 g/mol. The van der Waals surface area contributed by atoms with Crippen molar-refractivity contribution in [2.45, 2.75) is 19.4 Å². The Hall–Kier alpha value is -4.00. The topological polar surface area (TPSA) is 128 Å². The van der Waals surface area contributed by atoms with E-state index in [1.165, 1.54) is 39.4 Å². The highest BCUT2D eigenvalue weighted by Gasteiger charge is 2.23. The van der Waals surface area contributed by atoms with Crippen LogP contribution >= 0.6 is 11.6 Å². The largest absolute Gasteiger partial charge is 0.494 e. The van der Waals surface area contributed by atoms with Crippen LogP contribution in [0.2, 0.25) is 5.02 Å². The van der Waals surface area contributed by atoms with Gasteiger partial charge < -0.3 is 35.6 Å². The van der Waals surface area contributed by atoms with E-state index in [0.717, 1.165) is 12.1 Å². The maximum absolute atomic E-state index is 14.3. The highest BCUT2D eigenvalue weighted by molar-refractivity contribution is 6.30. The van der Waals surface area contributed by atoms with Crippen molar-refractivity contribution in [1.82, 2.24) is 19.9 Å². The minimum absolute atomic E-state index is 0.00621. The van der Waals surface area contributed by atoms with E-state index in [-0.39, 0.29) is 52.8 Å². The molecule has 2 aromatic carbocycles. The van der Waals surface area contributed by atoms with Crippen molar-refractivity contribution >= 4 is 52.2 Å². The fraction of sp³-hybridized carbons (Fsp3) is 0.333. The number of aromatic nitrogens is 3. The summed E-state index contributed by atoms with van der Waals surface area (Å²) in [5.74, 6) is -1.02. The predicted octanol–water partition coefficient (Wildman–Crippen LogP) is 4.51. The number of carbonyl (C=O) groups excluding carboxylic acids is 1. The number of methoxy groups -OCH3 is 1. The van der Waals surface area contributed by atoms with Gasteiger partial charge in [-0.05, 0) is 52.1 Å². The molecule has 0 aliphatic carbocycles. The lowest BCUT2D eigenvalue weighted by molar-refractivity contribution is -0.111. The molecule has 0 fully saturated rings. The third-order valence-electron chi connectivity index (χ3n) is 5.62. The fourth-order valence-corrected chi connectivity index (χ4v) is 3.78.